The summed E-state index contributed by atoms with van der Waals surface area (Å²) in [5.41, 5.74) is 0. The molecule has 1 saturated heterocycles. The first-order chi connectivity index (χ1) is 9.53. The van der Waals surface area contributed by atoms with Gasteiger partial charge in [-0.1, -0.05) is 15.9 Å². The largest absolute Gasteiger partial charge is 0.318 e. The van der Waals surface area contributed by atoms with Crippen LogP contribution in [0.2, 0.25) is 0 Å². The number of benzene rings is 1. The van der Waals surface area contributed by atoms with Crippen LogP contribution in [0.3, 0.4) is 0 Å². The van der Waals surface area contributed by atoms with Gasteiger partial charge in [0, 0.05) is 23.6 Å². The Hall–Kier alpha value is -0.430. The molecule has 0 aliphatic carbocycles. The van der Waals surface area contributed by atoms with E-state index in [0.717, 1.165) is 30.4 Å². The number of likely N-dealkylation sites (N-methyl/N-ethyl adjacent to an activating group) is 1. The Balaban J connectivity index is 1.97. The minimum absolute atomic E-state index is 0.189. The second-order valence-electron chi connectivity index (χ2n) is 5.16. The Morgan fingerprint density at radius 3 is 2.70 bits per heavy atom. The molecule has 1 unspecified atom stereocenters. The van der Waals surface area contributed by atoms with Gasteiger partial charge < -0.3 is 5.32 Å². The van der Waals surface area contributed by atoms with Crippen LogP contribution < -0.4 is 5.32 Å². The normalized spacial score (nSPS) is 20.4. The maximum Gasteiger partial charge on any atom is 0.179 e. The predicted molar refractivity (Wildman–Crippen MR) is 84.7 cm³/mol. The zero-order chi connectivity index (χ0) is 14.6. The van der Waals surface area contributed by atoms with Crippen molar-refractivity contribution in [1.82, 2.24) is 10.2 Å². The Kier molecular flexibility index (Phi) is 5.60. The molecule has 6 heteroatoms. The highest BCUT2D eigenvalue weighted by Crippen LogP contribution is 2.19. The highest BCUT2D eigenvalue weighted by Gasteiger charge is 2.25. The first-order valence-electron chi connectivity index (χ1n) is 6.90. The molecule has 0 radical (unpaired) electrons. The standard InChI is InChI=1S/C14H21BrN2O2S/c1-16-11-13-3-2-8-17(13)9-10-20(18,19)14-6-4-12(15)5-7-14/h4-7,13,16H,2-3,8-11H2,1H3. The quantitative estimate of drug-likeness (QED) is 0.841. The van der Waals surface area contributed by atoms with Crippen LogP contribution >= 0.6 is 15.9 Å². The molecule has 1 aromatic rings. The zero-order valence-electron chi connectivity index (χ0n) is 11.7. The van der Waals surface area contributed by atoms with Gasteiger partial charge in [0.25, 0.3) is 0 Å². The Labute approximate surface area is 129 Å². The monoisotopic (exact) mass is 360 g/mol. The van der Waals surface area contributed by atoms with Crippen molar-refractivity contribution < 1.29 is 8.42 Å². The lowest BCUT2D eigenvalue weighted by molar-refractivity contribution is 0.264. The van der Waals surface area contributed by atoms with Crippen LogP contribution in [0.15, 0.2) is 33.6 Å². The van der Waals surface area contributed by atoms with E-state index in [1.165, 1.54) is 0 Å². The van der Waals surface area contributed by atoms with E-state index in [4.69, 9.17) is 0 Å². The number of nitrogens with one attached hydrogen (secondary N) is 1. The van der Waals surface area contributed by atoms with Gasteiger partial charge in [0.1, 0.15) is 0 Å². The number of rotatable bonds is 6. The van der Waals surface area contributed by atoms with Gasteiger partial charge in [0.15, 0.2) is 9.84 Å². The summed E-state index contributed by atoms with van der Waals surface area (Å²) in [4.78, 5) is 2.69. The van der Waals surface area contributed by atoms with E-state index < -0.39 is 9.84 Å². The fourth-order valence-corrected chi connectivity index (χ4v) is 4.18. The fourth-order valence-electron chi connectivity index (χ4n) is 2.65. The van der Waals surface area contributed by atoms with Crippen molar-refractivity contribution in [3.63, 3.8) is 0 Å². The topological polar surface area (TPSA) is 49.4 Å². The molecule has 0 aromatic heterocycles. The van der Waals surface area contributed by atoms with E-state index in [0.29, 0.717) is 17.5 Å². The number of hydrogen-bond acceptors (Lipinski definition) is 4. The average Bonchev–Trinajstić information content (AvgIpc) is 2.85. The second kappa shape index (κ2) is 7.02. The highest BCUT2D eigenvalue weighted by atomic mass is 79.9. The van der Waals surface area contributed by atoms with Crippen LogP contribution in [0.25, 0.3) is 0 Å². The molecule has 0 spiro atoms. The summed E-state index contributed by atoms with van der Waals surface area (Å²) in [6.07, 6.45) is 2.31. The van der Waals surface area contributed by atoms with Gasteiger partial charge in [-0.05, 0) is 50.7 Å². The summed E-state index contributed by atoms with van der Waals surface area (Å²) in [5, 5.41) is 3.18. The van der Waals surface area contributed by atoms with Gasteiger partial charge in [0.05, 0.1) is 10.6 Å². The maximum atomic E-state index is 12.3. The summed E-state index contributed by atoms with van der Waals surface area (Å²) in [5.74, 6) is 0.189. The molecular formula is C14H21BrN2O2S. The van der Waals surface area contributed by atoms with E-state index >= 15 is 0 Å². The molecule has 1 atom stereocenters. The van der Waals surface area contributed by atoms with Gasteiger partial charge in [-0.2, -0.15) is 0 Å². The summed E-state index contributed by atoms with van der Waals surface area (Å²) in [6.45, 7) is 2.55. The van der Waals surface area contributed by atoms with Crippen molar-refractivity contribution in [2.45, 2.75) is 23.8 Å². The van der Waals surface area contributed by atoms with Gasteiger partial charge in [-0.25, -0.2) is 8.42 Å². The molecule has 1 fully saturated rings. The van der Waals surface area contributed by atoms with E-state index in [9.17, 15) is 8.42 Å². The molecule has 0 bridgehead atoms. The fraction of sp³-hybridized carbons (Fsp3) is 0.571. The average molecular weight is 361 g/mol. The number of sulfone groups is 1. The third-order valence-electron chi connectivity index (χ3n) is 3.76. The molecule has 1 heterocycles. The summed E-state index contributed by atoms with van der Waals surface area (Å²) in [6, 6.07) is 7.34. The molecule has 1 N–H and O–H groups in total. The van der Waals surface area contributed by atoms with Gasteiger partial charge in [-0.15, -0.1) is 0 Å². The second-order valence-corrected chi connectivity index (χ2v) is 8.19. The van der Waals surface area contributed by atoms with Crippen molar-refractivity contribution >= 4 is 25.8 Å². The van der Waals surface area contributed by atoms with E-state index in [1.807, 2.05) is 7.05 Å². The number of halogens is 1. The minimum Gasteiger partial charge on any atom is -0.318 e. The van der Waals surface area contributed by atoms with Crippen molar-refractivity contribution in [2.24, 2.45) is 0 Å². The van der Waals surface area contributed by atoms with E-state index in [-0.39, 0.29) is 5.75 Å². The van der Waals surface area contributed by atoms with Crippen molar-refractivity contribution in [2.75, 3.05) is 32.4 Å². The third-order valence-corrected chi connectivity index (χ3v) is 6.00. The van der Waals surface area contributed by atoms with Crippen LogP contribution in [0.5, 0.6) is 0 Å². The summed E-state index contributed by atoms with van der Waals surface area (Å²) >= 11 is 3.32. The summed E-state index contributed by atoms with van der Waals surface area (Å²) < 4.78 is 25.5. The molecule has 20 heavy (non-hydrogen) atoms. The molecule has 0 saturated carbocycles. The van der Waals surface area contributed by atoms with Gasteiger partial charge >= 0.3 is 0 Å². The van der Waals surface area contributed by atoms with E-state index in [2.05, 4.69) is 26.1 Å². The molecule has 1 aromatic carbocycles. The number of likely N-dealkylation sites (tertiary alicyclic amines) is 1. The van der Waals surface area contributed by atoms with Crippen LogP contribution in [-0.4, -0.2) is 51.8 Å². The van der Waals surface area contributed by atoms with Crippen molar-refractivity contribution in [3.8, 4) is 0 Å². The highest BCUT2D eigenvalue weighted by molar-refractivity contribution is 9.10. The van der Waals surface area contributed by atoms with E-state index in [1.54, 1.807) is 24.3 Å². The van der Waals surface area contributed by atoms with Crippen LogP contribution in [0.1, 0.15) is 12.8 Å². The zero-order valence-corrected chi connectivity index (χ0v) is 14.1. The third kappa shape index (κ3) is 4.04. The van der Waals surface area contributed by atoms with Crippen LogP contribution in [-0.2, 0) is 9.84 Å². The summed E-state index contributed by atoms with van der Waals surface area (Å²) in [7, 11) is -1.25. The molecule has 1 aliphatic heterocycles. The molecule has 4 nitrogen and oxygen atoms in total. The first kappa shape index (κ1) is 15.9. The smallest absolute Gasteiger partial charge is 0.179 e. The SMILES string of the molecule is CNCC1CCCN1CCS(=O)(=O)c1ccc(Br)cc1. The lowest BCUT2D eigenvalue weighted by Gasteiger charge is -2.24. The van der Waals surface area contributed by atoms with Gasteiger partial charge in [0.2, 0.25) is 0 Å². The molecule has 2 rings (SSSR count). The molecule has 0 amide bonds. The first-order valence-corrected chi connectivity index (χ1v) is 9.34. The Bertz CT molecular complexity index is 531. The number of nitrogens with zero attached hydrogens (tertiary/aromatic N) is 1. The van der Waals surface area contributed by atoms with Gasteiger partial charge in [-0.3, -0.25) is 4.90 Å². The lowest BCUT2D eigenvalue weighted by Crippen LogP contribution is -2.39. The molecule has 1 aliphatic rings. The van der Waals surface area contributed by atoms with Crippen molar-refractivity contribution in [3.05, 3.63) is 28.7 Å². The minimum atomic E-state index is -3.19. The Morgan fingerprint density at radius 2 is 2.05 bits per heavy atom. The lowest BCUT2D eigenvalue weighted by atomic mass is 10.2. The van der Waals surface area contributed by atoms with Crippen molar-refractivity contribution in [1.29, 1.82) is 0 Å². The predicted octanol–water partition coefficient (Wildman–Crippen LogP) is 1.91. The maximum absolute atomic E-state index is 12.3. The Morgan fingerprint density at radius 1 is 1.35 bits per heavy atom. The van der Waals surface area contributed by atoms with Crippen LogP contribution in [0, 0.1) is 0 Å². The number of hydrogen-bond donors (Lipinski definition) is 1. The molecule has 112 valence electrons. The van der Waals surface area contributed by atoms with Crippen LogP contribution in [0.4, 0.5) is 0 Å². The molecular weight excluding hydrogens is 340 g/mol.